The van der Waals surface area contributed by atoms with Crippen LogP contribution < -0.4 is 5.56 Å². The Balaban J connectivity index is 1.95. The van der Waals surface area contributed by atoms with Crippen molar-refractivity contribution in [3.63, 3.8) is 0 Å². The molecule has 0 aromatic carbocycles. The molecule has 2 heterocycles. The smallest absolute Gasteiger partial charge is 0.259 e. The number of aryl methyl sites for hydroxylation is 1. The molecule has 1 aliphatic carbocycles. The van der Waals surface area contributed by atoms with Gasteiger partial charge in [-0.3, -0.25) is 4.79 Å². The average molecular weight is 536 g/mol. The largest absolute Gasteiger partial charge is 0.507 e. The second-order valence-electron chi connectivity index (χ2n) is 11.9. The maximum absolute atomic E-state index is 13.3. The summed E-state index contributed by atoms with van der Waals surface area (Å²) in [6.45, 7) is 10.9. The van der Waals surface area contributed by atoms with Gasteiger partial charge in [-0.25, -0.2) is 0 Å². The van der Waals surface area contributed by atoms with Crippen molar-refractivity contribution in [1.82, 2.24) is 4.57 Å². The third kappa shape index (κ3) is 6.04. The van der Waals surface area contributed by atoms with E-state index in [9.17, 15) is 20.1 Å². The van der Waals surface area contributed by atoms with Gasteiger partial charge in [0.05, 0.1) is 23.9 Å². The van der Waals surface area contributed by atoms with Gasteiger partial charge >= 0.3 is 0 Å². The molecule has 1 saturated carbocycles. The summed E-state index contributed by atoms with van der Waals surface area (Å²) >= 11 is 0. The second-order valence-corrected chi connectivity index (χ2v) is 11.9. The van der Waals surface area contributed by atoms with Gasteiger partial charge in [0.1, 0.15) is 11.4 Å². The quantitative estimate of drug-likeness (QED) is 0.311. The molecule has 2 fully saturated rings. The number of aromatic nitrogens is 1. The average Bonchev–Trinajstić information content (AvgIpc) is 2.88. The van der Waals surface area contributed by atoms with Crippen LogP contribution in [0.5, 0.6) is 5.75 Å². The van der Waals surface area contributed by atoms with Crippen LogP contribution >= 0.6 is 0 Å². The van der Waals surface area contributed by atoms with E-state index in [1.54, 1.807) is 7.05 Å². The molecule has 0 spiro atoms. The summed E-state index contributed by atoms with van der Waals surface area (Å²) in [4.78, 5) is 13.3. The van der Waals surface area contributed by atoms with E-state index in [0.29, 0.717) is 24.7 Å². The normalized spacial score (nSPS) is 31.7. The first-order chi connectivity index (χ1) is 17.8. The van der Waals surface area contributed by atoms with Gasteiger partial charge < -0.3 is 34.1 Å². The summed E-state index contributed by atoms with van der Waals surface area (Å²) in [6, 6.07) is 0. The first-order valence-corrected chi connectivity index (χ1v) is 14.1. The van der Waals surface area contributed by atoms with Crippen molar-refractivity contribution >= 4 is 0 Å². The van der Waals surface area contributed by atoms with Crippen molar-refractivity contribution < 1.29 is 29.5 Å². The minimum Gasteiger partial charge on any atom is -0.507 e. The van der Waals surface area contributed by atoms with Gasteiger partial charge in [0, 0.05) is 45.9 Å². The second kappa shape index (κ2) is 12.2. The lowest BCUT2D eigenvalue weighted by Crippen LogP contribution is -2.53. The Kier molecular flexibility index (Phi) is 9.91. The summed E-state index contributed by atoms with van der Waals surface area (Å²) in [6.07, 6.45) is 5.72. The van der Waals surface area contributed by atoms with Gasteiger partial charge in [-0.15, -0.1) is 0 Å². The van der Waals surface area contributed by atoms with Crippen molar-refractivity contribution in [2.24, 2.45) is 24.8 Å². The molecule has 0 unspecified atom stereocenters. The highest BCUT2D eigenvalue weighted by molar-refractivity contribution is 5.44. The number of hydrogen-bond acceptors (Lipinski definition) is 7. The fourth-order valence-corrected chi connectivity index (χ4v) is 6.36. The Bertz CT molecular complexity index is 1050. The highest BCUT2D eigenvalue weighted by Crippen LogP contribution is 2.48. The molecule has 0 amide bonds. The zero-order chi connectivity index (χ0) is 28.4. The van der Waals surface area contributed by atoms with Crippen molar-refractivity contribution in [3.8, 4) is 5.75 Å². The number of aliphatic hydroxyl groups is 2. The van der Waals surface area contributed by atoms with Crippen LogP contribution in [-0.4, -0.2) is 52.1 Å². The highest BCUT2D eigenvalue weighted by Gasteiger charge is 2.51. The first kappa shape index (κ1) is 30.8. The van der Waals surface area contributed by atoms with Crippen LogP contribution in [0.1, 0.15) is 96.8 Å². The van der Waals surface area contributed by atoms with Crippen molar-refractivity contribution in [2.75, 3.05) is 14.2 Å². The molecule has 3 rings (SSSR count). The summed E-state index contributed by atoms with van der Waals surface area (Å²) in [7, 11) is 4.59. The number of aromatic hydroxyl groups is 1. The van der Waals surface area contributed by atoms with Gasteiger partial charge in [-0.1, -0.05) is 40.2 Å². The number of ether oxygens (including phenoxy) is 3. The first-order valence-electron chi connectivity index (χ1n) is 14.1. The van der Waals surface area contributed by atoms with E-state index in [4.69, 9.17) is 14.2 Å². The van der Waals surface area contributed by atoms with Crippen molar-refractivity contribution in [2.45, 2.75) is 109 Å². The van der Waals surface area contributed by atoms with Crippen LogP contribution in [0, 0.1) is 17.8 Å². The summed E-state index contributed by atoms with van der Waals surface area (Å²) in [5, 5.41) is 34.1. The zero-order valence-corrected chi connectivity index (χ0v) is 24.5. The van der Waals surface area contributed by atoms with E-state index in [1.165, 1.54) is 25.0 Å². The van der Waals surface area contributed by atoms with E-state index >= 15 is 0 Å². The van der Waals surface area contributed by atoms with Crippen LogP contribution in [0.25, 0.3) is 0 Å². The molecule has 1 aliphatic heterocycles. The molecule has 1 aromatic heterocycles. The van der Waals surface area contributed by atoms with Crippen LogP contribution in [0.2, 0.25) is 0 Å². The van der Waals surface area contributed by atoms with Gasteiger partial charge in [-0.05, 0) is 55.9 Å². The molecule has 38 heavy (non-hydrogen) atoms. The molecule has 216 valence electrons. The standard InChI is InChI=1S/C30H49NO7/c1-9-18(2)14-19(3)15-21(5)27-20(4)10-11-23(38-27)25-26(33)22(17-31(6)28(25)34)30(35)13-12-29(36-7,37-8)16-24(30)32/h15,17-20,23-24,27,32-33,35H,9-14,16H2,1-8H3/b21-15+/t18-,19-,20+,23-,24-,27+,30-/m0/s1. The predicted molar refractivity (Wildman–Crippen MR) is 147 cm³/mol. The SMILES string of the molecule is CC[C@H](C)C[C@H](C)/C=C(\C)[C@@H]1O[C@H](c2c(O)c([C@@]3(O)CCC(OC)(OC)C[C@@H]3O)cn(C)c2=O)CC[C@H]1C. The van der Waals surface area contributed by atoms with Crippen molar-refractivity contribution in [3.05, 3.63) is 39.3 Å². The molecule has 7 atom stereocenters. The minimum absolute atomic E-state index is 0.0203. The molecule has 2 aliphatic rings. The van der Waals surface area contributed by atoms with E-state index < -0.39 is 23.6 Å². The number of allylic oxidation sites excluding steroid dienone is 1. The minimum atomic E-state index is -1.77. The zero-order valence-electron chi connectivity index (χ0n) is 24.5. The van der Waals surface area contributed by atoms with Crippen LogP contribution in [0.4, 0.5) is 0 Å². The third-order valence-electron chi connectivity index (χ3n) is 9.04. The monoisotopic (exact) mass is 535 g/mol. The highest BCUT2D eigenvalue weighted by atomic mass is 16.7. The lowest BCUT2D eigenvalue weighted by atomic mass is 9.74. The number of hydrogen-bond donors (Lipinski definition) is 3. The molecular formula is C30H49NO7. The maximum atomic E-state index is 13.3. The van der Waals surface area contributed by atoms with Crippen LogP contribution in [0.3, 0.4) is 0 Å². The Labute approximate surface area is 227 Å². The predicted octanol–water partition coefficient (Wildman–Crippen LogP) is 4.69. The van der Waals surface area contributed by atoms with Gasteiger partial charge in [0.25, 0.3) is 5.56 Å². The van der Waals surface area contributed by atoms with Gasteiger partial charge in [-0.2, -0.15) is 0 Å². The van der Waals surface area contributed by atoms with Gasteiger partial charge in [0.2, 0.25) is 0 Å². The third-order valence-corrected chi connectivity index (χ3v) is 9.04. The van der Waals surface area contributed by atoms with Gasteiger partial charge in [0.15, 0.2) is 5.79 Å². The lowest BCUT2D eigenvalue weighted by Gasteiger charge is -2.46. The summed E-state index contributed by atoms with van der Waals surface area (Å²) in [5.74, 6) is 0.0125. The summed E-state index contributed by atoms with van der Waals surface area (Å²) in [5.41, 5.74) is -0.738. The Morgan fingerprint density at radius 2 is 1.92 bits per heavy atom. The fraction of sp³-hybridized carbons (Fsp3) is 0.767. The summed E-state index contributed by atoms with van der Waals surface area (Å²) < 4.78 is 18.9. The van der Waals surface area contributed by atoms with E-state index in [2.05, 4.69) is 40.7 Å². The lowest BCUT2D eigenvalue weighted by molar-refractivity contribution is -0.269. The molecular weight excluding hydrogens is 486 g/mol. The van der Waals surface area contributed by atoms with Crippen LogP contribution in [-0.2, 0) is 26.9 Å². The number of methoxy groups -OCH3 is 2. The fourth-order valence-electron chi connectivity index (χ4n) is 6.36. The number of nitrogens with zero attached hydrogens (tertiary/aromatic N) is 1. The maximum Gasteiger partial charge on any atom is 0.259 e. The topological polar surface area (TPSA) is 110 Å². The molecule has 8 heteroatoms. The van der Waals surface area contributed by atoms with E-state index in [0.717, 1.165) is 24.8 Å². The van der Waals surface area contributed by atoms with E-state index in [-0.39, 0.29) is 47.3 Å². The van der Waals surface area contributed by atoms with Crippen LogP contribution in [0.15, 0.2) is 22.6 Å². The Hall–Kier alpha value is -1.71. The Morgan fingerprint density at radius 1 is 1.26 bits per heavy atom. The number of aliphatic hydroxyl groups excluding tert-OH is 1. The molecule has 1 aromatic rings. The Morgan fingerprint density at radius 3 is 2.50 bits per heavy atom. The van der Waals surface area contributed by atoms with E-state index in [1.807, 2.05) is 0 Å². The number of pyridine rings is 1. The molecule has 0 radical (unpaired) electrons. The molecule has 0 bridgehead atoms. The number of rotatable bonds is 9. The molecule has 3 N–H and O–H groups in total. The molecule has 8 nitrogen and oxygen atoms in total. The molecule has 1 saturated heterocycles. The van der Waals surface area contributed by atoms with Crippen molar-refractivity contribution in [1.29, 1.82) is 0 Å².